The van der Waals surface area contributed by atoms with Gasteiger partial charge in [0, 0.05) is 36.1 Å². The third-order valence-corrected chi connectivity index (χ3v) is 7.10. The zero-order chi connectivity index (χ0) is 25.4. The minimum atomic E-state index is -0.634. The molecule has 2 aromatic carbocycles. The molecule has 0 aliphatic carbocycles. The van der Waals surface area contributed by atoms with Gasteiger partial charge in [0.25, 0.3) is 5.56 Å². The molecule has 0 radical (unpaired) electrons. The predicted octanol–water partition coefficient (Wildman–Crippen LogP) is 3.99. The van der Waals surface area contributed by atoms with Crippen molar-refractivity contribution in [2.75, 3.05) is 25.6 Å². The van der Waals surface area contributed by atoms with E-state index in [9.17, 15) is 14.7 Å². The molecular formula is C25H23Cl2N3O4S. The van der Waals surface area contributed by atoms with Crippen molar-refractivity contribution in [2.45, 2.75) is 19.9 Å². The van der Waals surface area contributed by atoms with Crippen molar-refractivity contribution in [3.63, 3.8) is 0 Å². The van der Waals surface area contributed by atoms with Crippen molar-refractivity contribution in [1.29, 1.82) is 0 Å². The molecule has 0 spiro atoms. The third kappa shape index (κ3) is 4.74. The van der Waals surface area contributed by atoms with E-state index < -0.39 is 12.0 Å². The number of aromatic hydroxyl groups is 1. The maximum absolute atomic E-state index is 13.3. The molecule has 0 saturated carbocycles. The lowest BCUT2D eigenvalue weighted by Crippen LogP contribution is -2.35. The second kappa shape index (κ2) is 9.89. The number of nitrogens with zero attached hydrogens (tertiary/aromatic N) is 3. The zero-order valence-corrected chi connectivity index (χ0v) is 21.8. The summed E-state index contributed by atoms with van der Waals surface area (Å²) >= 11 is 13.3. The minimum absolute atomic E-state index is 0.0803. The summed E-state index contributed by atoms with van der Waals surface area (Å²) in [6.45, 7) is 3.63. The van der Waals surface area contributed by atoms with Gasteiger partial charge < -0.3 is 14.7 Å². The van der Waals surface area contributed by atoms with Crippen LogP contribution in [0.25, 0.3) is 11.8 Å². The van der Waals surface area contributed by atoms with Crippen LogP contribution >= 0.6 is 34.5 Å². The number of phenols is 1. The van der Waals surface area contributed by atoms with Gasteiger partial charge in [-0.05, 0) is 49.8 Å². The topological polar surface area (TPSA) is 84.1 Å². The number of ether oxygens (including phenoxy) is 1. The highest BCUT2D eigenvalue weighted by molar-refractivity contribution is 7.07. The molecule has 3 aromatic rings. The Morgan fingerprint density at radius 1 is 1.26 bits per heavy atom. The smallest absolute Gasteiger partial charge is 0.338 e. The van der Waals surface area contributed by atoms with E-state index >= 15 is 0 Å². The van der Waals surface area contributed by atoms with Crippen molar-refractivity contribution in [3.05, 3.63) is 82.8 Å². The molecule has 182 valence electrons. The van der Waals surface area contributed by atoms with Crippen LogP contribution in [0, 0.1) is 0 Å². The predicted molar refractivity (Wildman–Crippen MR) is 140 cm³/mol. The molecule has 1 aromatic heterocycles. The number of phenolic OH excluding ortho intramolecular Hbond substituents is 1. The van der Waals surface area contributed by atoms with Crippen LogP contribution in [0.4, 0.5) is 5.69 Å². The van der Waals surface area contributed by atoms with Crippen molar-refractivity contribution in [3.8, 4) is 5.75 Å². The first kappa shape index (κ1) is 25.0. The van der Waals surface area contributed by atoms with Crippen molar-refractivity contribution < 1.29 is 14.6 Å². The lowest BCUT2D eigenvalue weighted by Gasteiger charge is -2.23. The standard InChI is InChI=1S/C25H23Cl2N3O4S/c1-5-34-24(33)20-13(2)30-23(32)19(11-15-10-16(26)12-18(27)22(15)31)35-25(30)28-21(20)14-6-8-17(9-7-14)29(3)4/h6-12,21,31H,5H2,1-4H3/b19-11-/t21-/m1/s1. The molecule has 2 heterocycles. The maximum atomic E-state index is 13.3. The summed E-state index contributed by atoms with van der Waals surface area (Å²) < 4.78 is 7.03. The summed E-state index contributed by atoms with van der Waals surface area (Å²) in [6, 6.07) is 10.0. The lowest BCUT2D eigenvalue weighted by molar-refractivity contribution is -0.138. The molecule has 0 amide bonds. The van der Waals surface area contributed by atoms with Gasteiger partial charge in [0.1, 0.15) is 11.8 Å². The zero-order valence-electron chi connectivity index (χ0n) is 19.5. The number of anilines is 1. The molecule has 4 rings (SSSR count). The van der Waals surface area contributed by atoms with Crippen LogP contribution in [0.3, 0.4) is 0 Å². The number of thiazole rings is 1. The number of carbonyl (C=O) groups is 1. The van der Waals surface area contributed by atoms with Gasteiger partial charge in [-0.15, -0.1) is 0 Å². The first-order valence-electron chi connectivity index (χ1n) is 10.8. The van der Waals surface area contributed by atoms with E-state index in [1.165, 1.54) is 22.8 Å². The second-order valence-corrected chi connectivity index (χ2v) is 9.95. The van der Waals surface area contributed by atoms with Gasteiger partial charge in [0.05, 0.1) is 21.7 Å². The molecule has 7 nitrogen and oxygen atoms in total. The third-order valence-electron chi connectivity index (χ3n) is 5.61. The Morgan fingerprint density at radius 3 is 2.57 bits per heavy atom. The number of aromatic nitrogens is 1. The monoisotopic (exact) mass is 531 g/mol. The van der Waals surface area contributed by atoms with Crippen LogP contribution < -0.4 is 19.8 Å². The SMILES string of the molecule is CCOC(=O)C1=C(C)n2c(s/c(=C\c3cc(Cl)cc(Cl)c3O)c2=O)=N[C@@H]1c1ccc(N(C)C)cc1. The van der Waals surface area contributed by atoms with E-state index in [1.807, 2.05) is 43.3 Å². The fourth-order valence-corrected chi connectivity index (χ4v) is 5.39. The highest BCUT2D eigenvalue weighted by atomic mass is 35.5. The quantitative estimate of drug-likeness (QED) is 0.503. The van der Waals surface area contributed by atoms with Crippen LogP contribution in [0.5, 0.6) is 5.75 Å². The Bertz CT molecular complexity index is 1520. The number of benzene rings is 2. The van der Waals surface area contributed by atoms with Crippen LogP contribution in [0.15, 0.2) is 51.8 Å². The normalized spacial score (nSPS) is 15.6. The van der Waals surface area contributed by atoms with Gasteiger partial charge in [0.15, 0.2) is 4.80 Å². The van der Waals surface area contributed by atoms with E-state index in [4.69, 9.17) is 32.9 Å². The van der Waals surface area contributed by atoms with Gasteiger partial charge >= 0.3 is 5.97 Å². The Kier molecular flexibility index (Phi) is 7.07. The molecule has 1 aliphatic heterocycles. The molecule has 0 fully saturated rings. The van der Waals surface area contributed by atoms with Crippen molar-refractivity contribution in [2.24, 2.45) is 4.99 Å². The number of allylic oxidation sites excluding steroid dienone is 1. The van der Waals surface area contributed by atoms with Gasteiger partial charge in [-0.1, -0.05) is 46.7 Å². The van der Waals surface area contributed by atoms with Crippen molar-refractivity contribution >= 4 is 58.0 Å². The summed E-state index contributed by atoms with van der Waals surface area (Å²) in [5, 5.41) is 10.7. The molecule has 0 saturated heterocycles. The molecule has 1 atom stereocenters. The summed E-state index contributed by atoms with van der Waals surface area (Å²) in [6.07, 6.45) is 1.51. The van der Waals surface area contributed by atoms with Crippen LogP contribution in [0.2, 0.25) is 10.0 Å². The van der Waals surface area contributed by atoms with Gasteiger partial charge in [-0.25, -0.2) is 9.79 Å². The first-order chi connectivity index (χ1) is 16.6. The lowest BCUT2D eigenvalue weighted by atomic mass is 9.96. The van der Waals surface area contributed by atoms with E-state index in [-0.39, 0.29) is 22.9 Å². The van der Waals surface area contributed by atoms with Gasteiger partial charge in [-0.3, -0.25) is 9.36 Å². The Balaban J connectivity index is 1.94. The second-order valence-electron chi connectivity index (χ2n) is 8.10. The Labute approximate surface area is 215 Å². The number of hydrogen-bond acceptors (Lipinski definition) is 7. The van der Waals surface area contributed by atoms with Gasteiger partial charge in [-0.2, -0.15) is 0 Å². The Hall–Kier alpha value is -3.07. The van der Waals surface area contributed by atoms with E-state index in [2.05, 4.69) is 0 Å². The molecule has 1 N–H and O–H groups in total. The van der Waals surface area contributed by atoms with Crippen LogP contribution in [-0.2, 0) is 9.53 Å². The Morgan fingerprint density at radius 2 is 1.94 bits per heavy atom. The first-order valence-corrected chi connectivity index (χ1v) is 12.3. The molecule has 0 bridgehead atoms. The van der Waals surface area contributed by atoms with Crippen LogP contribution in [-0.4, -0.2) is 36.3 Å². The highest BCUT2D eigenvalue weighted by Crippen LogP contribution is 2.34. The van der Waals surface area contributed by atoms with Crippen molar-refractivity contribution in [1.82, 2.24) is 4.57 Å². The average Bonchev–Trinajstić information content (AvgIpc) is 3.12. The van der Waals surface area contributed by atoms with Crippen LogP contribution in [0.1, 0.15) is 31.0 Å². The van der Waals surface area contributed by atoms with E-state index in [1.54, 1.807) is 13.8 Å². The highest BCUT2D eigenvalue weighted by Gasteiger charge is 2.31. The van der Waals surface area contributed by atoms with E-state index in [0.29, 0.717) is 31.2 Å². The molecule has 10 heteroatoms. The summed E-state index contributed by atoms with van der Waals surface area (Å²) in [5.41, 5.74) is 2.50. The fraction of sp³-hybridized carbons (Fsp3) is 0.240. The van der Waals surface area contributed by atoms with E-state index in [0.717, 1.165) is 22.6 Å². The number of carbonyl (C=O) groups excluding carboxylic acids is 1. The fourth-order valence-electron chi connectivity index (χ4n) is 3.85. The molecule has 0 unspecified atom stereocenters. The summed E-state index contributed by atoms with van der Waals surface area (Å²) in [7, 11) is 3.89. The summed E-state index contributed by atoms with van der Waals surface area (Å²) in [5.74, 6) is -0.703. The average molecular weight is 532 g/mol. The number of fused-ring (bicyclic) bond motifs is 1. The molecule has 35 heavy (non-hydrogen) atoms. The minimum Gasteiger partial charge on any atom is -0.506 e. The number of rotatable bonds is 5. The maximum Gasteiger partial charge on any atom is 0.338 e. The number of halogens is 2. The summed E-state index contributed by atoms with van der Waals surface area (Å²) in [4.78, 5) is 33.5. The molecular weight excluding hydrogens is 509 g/mol. The number of hydrogen-bond donors (Lipinski definition) is 1. The largest absolute Gasteiger partial charge is 0.506 e. The number of esters is 1. The molecule has 1 aliphatic rings. The van der Waals surface area contributed by atoms with Gasteiger partial charge in [0.2, 0.25) is 0 Å².